The van der Waals surface area contributed by atoms with Crippen LogP contribution < -0.4 is 10.2 Å². The molecule has 1 amide bonds. The monoisotopic (exact) mass is 346 g/mol. The van der Waals surface area contributed by atoms with Crippen LogP contribution in [0.3, 0.4) is 0 Å². The molecule has 0 spiro atoms. The summed E-state index contributed by atoms with van der Waals surface area (Å²) in [6.45, 7) is 2.51. The summed E-state index contributed by atoms with van der Waals surface area (Å²) in [6, 6.07) is 14.6. The van der Waals surface area contributed by atoms with Gasteiger partial charge in [0.1, 0.15) is 5.75 Å². The normalized spacial score (nSPS) is 10.6. The molecule has 4 nitrogen and oxygen atoms in total. The molecule has 2 aromatic carbocycles. The van der Waals surface area contributed by atoms with E-state index in [1.165, 1.54) is 0 Å². The Morgan fingerprint density at radius 1 is 1.29 bits per heavy atom. The molecule has 0 radical (unpaired) electrons. The van der Waals surface area contributed by atoms with E-state index in [9.17, 15) is 4.79 Å². The number of hydrogen-bond acceptors (Lipinski definition) is 3. The zero-order valence-corrected chi connectivity index (χ0v) is 13.1. The fourth-order valence-corrected chi connectivity index (χ4v) is 2.10. The number of rotatable bonds is 5. The number of carbonyl (C=O) groups is 1. The van der Waals surface area contributed by atoms with Crippen molar-refractivity contribution in [1.82, 2.24) is 5.43 Å². The van der Waals surface area contributed by atoms with Crippen LogP contribution >= 0.6 is 15.9 Å². The number of halogens is 1. The zero-order valence-electron chi connectivity index (χ0n) is 11.5. The number of nitrogens with one attached hydrogen (secondary N) is 1. The Kier molecular flexibility index (Phi) is 5.51. The molecule has 0 aliphatic carbocycles. The van der Waals surface area contributed by atoms with Crippen molar-refractivity contribution in [3.63, 3.8) is 0 Å². The maximum Gasteiger partial charge on any atom is 0.271 e. The van der Waals surface area contributed by atoms with Crippen molar-refractivity contribution in [3.05, 3.63) is 64.1 Å². The van der Waals surface area contributed by atoms with Crippen LogP contribution in [0.1, 0.15) is 22.8 Å². The lowest BCUT2D eigenvalue weighted by Crippen LogP contribution is -2.17. The van der Waals surface area contributed by atoms with Crippen LogP contribution in [0.2, 0.25) is 0 Å². The third kappa shape index (κ3) is 4.72. The molecular formula is C16H15BrN2O2. The first kappa shape index (κ1) is 15.3. The summed E-state index contributed by atoms with van der Waals surface area (Å²) in [5, 5.41) is 3.94. The predicted molar refractivity (Wildman–Crippen MR) is 86.8 cm³/mol. The van der Waals surface area contributed by atoms with Crippen molar-refractivity contribution in [2.24, 2.45) is 5.10 Å². The van der Waals surface area contributed by atoms with Gasteiger partial charge in [0.25, 0.3) is 5.91 Å². The van der Waals surface area contributed by atoms with E-state index in [2.05, 4.69) is 26.5 Å². The highest BCUT2D eigenvalue weighted by molar-refractivity contribution is 9.10. The Bertz CT molecular complexity index is 639. The first-order valence-electron chi connectivity index (χ1n) is 6.51. The van der Waals surface area contributed by atoms with Gasteiger partial charge >= 0.3 is 0 Å². The lowest BCUT2D eigenvalue weighted by atomic mass is 10.2. The highest BCUT2D eigenvalue weighted by Crippen LogP contribution is 2.12. The van der Waals surface area contributed by atoms with E-state index in [0.29, 0.717) is 12.2 Å². The average Bonchev–Trinajstić information content (AvgIpc) is 2.48. The molecule has 0 atom stereocenters. The van der Waals surface area contributed by atoms with Crippen molar-refractivity contribution in [2.75, 3.05) is 6.61 Å². The Hall–Kier alpha value is -2.14. The van der Waals surface area contributed by atoms with Gasteiger partial charge in [0.05, 0.1) is 12.8 Å². The summed E-state index contributed by atoms with van der Waals surface area (Å²) in [7, 11) is 0. The summed E-state index contributed by atoms with van der Waals surface area (Å²) < 4.78 is 6.29. The molecule has 2 rings (SSSR count). The second kappa shape index (κ2) is 7.59. The van der Waals surface area contributed by atoms with Crippen LogP contribution in [0.4, 0.5) is 0 Å². The summed E-state index contributed by atoms with van der Waals surface area (Å²) >= 11 is 3.38. The maximum absolute atomic E-state index is 11.9. The fourth-order valence-electron chi connectivity index (χ4n) is 1.69. The molecule has 0 bridgehead atoms. The molecule has 0 fully saturated rings. The van der Waals surface area contributed by atoms with Gasteiger partial charge in [-0.05, 0) is 48.9 Å². The fraction of sp³-hybridized carbons (Fsp3) is 0.125. The van der Waals surface area contributed by atoms with Crippen molar-refractivity contribution in [2.45, 2.75) is 6.92 Å². The predicted octanol–water partition coefficient (Wildman–Crippen LogP) is 3.61. The van der Waals surface area contributed by atoms with E-state index in [-0.39, 0.29) is 5.91 Å². The number of nitrogens with zero attached hydrogens (tertiary/aromatic N) is 1. The van der Waals surface area contributed by atoms with Crippen LogP contribution in [-0.4, -0.2) is 18.7 Å². The SMILES string of the molecule is CCOc1ccc(C(=O)NN=Cc2cccc(Br)c2)cc1. The second-order valence-corrected chi connectivity index (χ2v) is 5.13. The lowest BCUT2D eigenvalue weighted by molar-refractivity contribution is 0.0955. The molecule has 5 heteroatoms. The number of hydrazone groups is 1. The molecule has 0 saturated carbocycles. The van der Waals surface area contributed by atoms with Gasteiger partial charge in [-0.25, -0.2) is 5.43 Å². The number of carbonyl (C=O) groups excluding carboxylic acids is 1. The first-order valence-corrected chi connectivity index (χ1v) is 7.30. The van der Waals surface area contributed by atoms with Gasteiger partial charge in [0.15, 0.2) is 0 Å². The van der Waals surface area contributed by atoms with Crippen molar-refractivity contribution >= 4 is 28.1 Å². The largest absolute Gasteiger partial charge is 0.494 e. The Labute approximate surface area is 132 Å². The minimum Gasteiger partial charge on any atom is -0.494 e. The van der Waals surface area contributed by atoms with Crippen molar-refractivity contribution in [1.29, 1.82) is 0 Å². The maximum atomic E-state index is 11.9. The van der Waals surface area contributed by atoms with Crippen LogP contribution in [0.25, 0.3) is 0 Å². The van der Waals surface area contributed by atoms with Crippen molar-refractivity contribution in [3.8, 4) is 5.75 Å². The number of amides is 1. The van der Waals surface area contributed by atoms with Gasteiger partial charge < -0.3 is 4.74 Å². The minimum absolute atomic E-state index is 0.260. The summed E-state index contributed by atoms with van der Waals surface area (Å²) in [4.78, 5) is 11.9. The van der Waals surface area contributed by atoms with E-state index in [4.69, 9.17) is 4.74 Å². The minimum atomic E-state index is -0.260. The van der Waals surface area contributed by atoms with Gasteiger partial charge in [-0.1, -0.05) is 28.1 Å². The van der Waals surface area contributed by atoms with Gasteiger partial charge in [0, 0.05) is 10.0 Å². The third-order valence-corrected chi connectivity index (χ3v) is 3.15. The van der Waals surface area contributed by atoms with Gasteiger partial charge in [-0.2, -0.15) is 5.10 Å². The highest BCUT2D eigenvalue weighted by atomic mass is 79.9. The molecule has 0 aliphatic heterocycles. The standard InChI is InChI=1S/C16H15BrN2O2/c1-2-21-15-8-6-13(7-9-15)16(20)19-18-11-12-4-3-5-14(17)10-12/h3-11H,2H2,1H3,(H,19,20). The van der Waals surface area contributed by atoms with E-state index < -0.39 is 0 Å². The van der Waals surface area contributed by atoms with E-state index >= 15 is 0 Å². The van der Waals surface area contributed by atoms with Gasteiger partial charge in [-0.15, -0.1) is 0 Å². The molecule has 2 aromatic rings. The molecule has 0 aromatic heterocycles. The number of ether oxygens (including phenoxy) is 1. The van der Waals surface area contributed by atoms with Crippen LogP contribution in [0.5, 0.6) is 5.75 Å². The lowest BCUT2D eigenvalue weighted by Gasteiger charge is -2.04. The van der Waals surface area contributed by atoms with Gasteiger partial charge in [0.2, 0.25) is 0 Å². The van der Waals surface area contributed by atoms with Gasteiger partial charge in [-0.3, -0.25) is 4.79 Å². The van der Waals surface area contributed by atoms with E-state index in [1.807, 2.05) is 31.2 Å². The quantitative estimate of drug-likeness (QED) is 0.664. The molecular weight excluding hydrogens is 332 g/mol. The molecule has 0 aliphatic rings. The molecule has 1 N–H and O–H groups in total. The molecule has 0 saturated heterocycles. The smallest absolute Gasteiger partial charge is 0.271 e. The van der Waals surface area contributed by atoms with E-state index in [0.717, 1.165) is 15.8 Å². The van der Waals surface area contributed by atoms with Crippen LogP contribution in [0.15, 0.2) is 58.1 Å². The van der Waals surface area contributed by atoms with Crippen LogP contribution in [-0.2, 0) is 0 Å². The summed E-state index contributed by atoms with van der Waals surface area (Å²) in [5.74, 6) is 0.482. The van der Waals surface area contributed by atoms with E-state index in [1.54, 1.807) is 30.5 Å². The molecule has 21 heavy (non-hydrogen) atoms. The molecule has 0 heterocycles. The Morgan fingerprint density at radius 3 is 2.71 bits per heavy atom. The Balaban J connectivity index is 1.95. The highest BCUT2D eigenvalue weighted by Gasteiger charge is 2.03. The third-order valence-electron chi connectivity index (χ3n) is 2.66. The summed E-state index contributed by atoms with van der Waals surface area (Å²) in [6.07, 6.45) is 1.59. The number of benzene rings is 2. The Morgan fingerprint density at radius 2 is 2.05 bits per heavy atom. The second-order valence-electron chi connectivity index (χ2n) is 4.21. The van der Waals surface area contributed by atoms with Crippen LogP contribution in [0, 0.1) is 0 Å². The molecule has 108 valence electrons. The molecule has 0 unspecified atom stereocenters. The summed E-state index contributed by atoms with van der Waals surface area (Å²) in [5.41, 5.74) is 3.92. The average molecular weight is 347 g/mol. The topological polar surface area (TPSA) is 50.7 Å². The number of hydrogen-bond donors (Lipinski definition) is 1. The van der Waals surface area contributed by atoms with Crippen molar-refractivity contribution < 1.29 is 9.53 Å². The zero-order chi connectivity index (χ0) is 15.1. The first-order chi connectivity index (χ1) is 10.2.